The van der Waals surface area contributed by atoms with Crippen LogP contribution in [0.3, 0.4) is 0 Å². The van der Waals surface area contributed by atoms with Crippen molar-refractivity contribution in [3.63, 3.8) is 0 Å². The van der Waals surface area contributed by atoms with Crippen molar-refractivity contribution in [2.45, 2.75) is 45.6 Å². The van der Waals surface area contributed by atoms with Crippen LogP contribution in [0.4, 0.5) is 0 Å². The van der Waals surface area contributed by atoms with E-state index in [1.807, 2.05) is 14.1 Å². The van der Waals surface area contributed by atoms with E-state index in [9.17, 15) is 9.59 Å². The molecule has 1 atom stereocenters. The zero-order valence-electron chi connectivity index (χ0n) is 14.0. The first-order valence-electron chi connectivity index (χ1n) is 7.37. The third-order valence-corrected chi connectivity index (χ3v) is 3.67. The van der Waals surface area contributed by atoms with E-state index in [1.54, 1.807) is 0 Å². The van der Waals surface area contributed by atoms with E-state index < -0.39 is 5.97 Å². The number of nitrogens with zero attached hydrogens (tertiary/aromatic N) is 1. The number of carbonyl (C=O) groups is 2. The Morgan fingerprint density at radius 1 is 1.24 bits per heavy atom. The Balaban J connectivity index is 4.36. The first kappa shape index (κ1) is 19.6. The van der Waals surface area contributed by atoms with E-state index >= 15 is 0 Å². The molecule has 0 fully saturated rings. The summed E-state index contributed by atoms with van der Waals surface area (Å²) in [6.45, 7) is 9.71. The summed E-state index contributed by atoms with van der Waals surface area (Å²) in [6, 6.07) is 0. The van der Waals surface area contributed by atoms with E-state index in [0.29, 0.717) is 0 Å². The Morgan fingerprint density at radius 3 is 2.29 bits per heavy atom. The predicted molar refractivity (Wildman–Crippen MR) is 82.9 cm³/mol. The molecule has 1 unspecified atom stereocenters. The van der Waals surface area contributed by atoms with E-state index in [2.05, 4.69) is 32.3 Å². The van der Waals surface area contributed by atoms with E-state index in [4.69, 9.17) is 9.47 Å². The molecule has 0 spiro atoms. The molecule has 0 radical (unpaired) electrons. The normalized spacial score (nSPS) is 12.9. The summed E-state index contributed by atoms with van der Waals surface area (Å²) in [5.41, 5.74) is -0.0752. The molecule has 0 aliphatic carbocycles. The van der Waals surface area contributed by atoms with Gasteiger partial charge in [-0.2, -0.15) is 0 Å². The van der Waals surface area contributed by atoms with Crippen molar-refractivity contribution in [3.8, 4) is 0 Å². The second kappa shape index (κ2) is 9.55. The van der Waals surface area contributed by atoms with Crippen LogP contribution in [0.1, 0.15) is 40.0 Å². The largest absolute Gasteiger partial charge is 0.462 e. The van der Waals surface area contributed by atoms with Gasteiger partial charge >= 0.3 is 11.9 Å². The van der Waals surface area contributed by atoms with Crippen LogP contribution in [0, 0.1) is 5.92 Å². The smallest absolute Gasteiger partial charge is 0.330 e. The summed E-state index contributed by atoms with van der Waals surface area (Å²) in [5, 5.41) is 0. The van der Waals surface area contributed by atoms with Gasteiger partial charge in [0.05, 0.1) is 5.92 Å². The molecular weight excluding hydrogens is 270 g/mol. The van der Waals surface area contributed by atoms with Crippen LogP contribution in [-0.4, -0.2) is 49.7 Å². The van der Waals surface area contributed by atoms with Crippen molar-refractivity contribution in [3.05, 3.63) is 12.7 Å². The standard InChI is InChI=1S/C16H29NO4/c1-7-9-13(12-16(3,4)17(5)6)15(19)21-11-10-20-14(18)8-2/h8,13H,2,7,9-12H2,1,3-6H3. The SMILES string of the molecule is C=CC(=O)OCCOC(=O)C(CCC)CC(C)(C)N(C)C. The highest BCUT2D eigenvalue weighted by Crippen LogP contribution is 2.25. The van der Waals surface area contributed by atoms with Gasteiger partial charge in [-0.3, -0.25) is 4.79 Å². The Labute approximate surface area is 128 Å². The molecule has 0 aromatic heterocycles. The maximum atomic E-state index is 12.1. The number of rotatable bonds is 10. The van der Waals surface area contributed by atoms with Gasteiger partial charge in [0.2, 0.25) is 0 Å². The minimum absolute atomic E-state index is 0.0620. The fourth-order valence-corrected chi connectivity index (χ4v) is 1.90. The molecular formula is C16H29NO4. The molecule has 0 amide bonds. The third-order valence-electron chi connectivity index (χ3n) is 3.67. The monoisotopic (exact) mass is 299 g/mol. The average molecular weight is 299 g/mol. The molecule has 0 aromatic rings. The molecule has 0 saturated carbocycles. The molecule has 0 aliphatic rings. The number of hydrogen-bond acceptors (Lipinski definition) is 5. The Morgan fingerprint density at radius 2 is 1.81 bits per heavy atom. The van der Waals surface area contributed by atoms with Crippen molar-refractivity contribution in [1.82, 2.24) is 4.90 Å². The molecule has 0 saturated heterocycles. The van der Waals surface area contributed by atoms with Gasteiger partial charge < -0.3 is 14.4 Å². The van der Waals surface area contributed by atoms with Crippen molar-refractivity contribution in [2.75, 3.05) is 27.3 Å². The van der Waals surface area contributed by atoms with Gasteiger partial charge in [-0.15, -0.1) is 0 Å². The molecule has 5 nitrogen and oxygen atoms in total. The first-order chi connectivity index (χ1) is 9.74. The van der Waals surface area contributed by atoms with Crippen molar-refractivity contribution in [1.29, 1.82) is 0 Å². The van der Waals surface area contributed by atoms with Crippen LogP contribution in [0.15, 0.2) is 12.7 Å². The van der Waals surface area contributed by atoms with Gasteiger partial charge in [0.1, 0.15) is 13.2 Å². The van der Waals surface area contributed by atoms with E-state index in [0.717, 1.165) is 25.3 Å². The molecule has 0 aliphatic heterocycles. The quantitative estimate of drug-likeness (QED) is 0.352. The summed E-state index contributed by atoms with van der Waals surface area (Å²) in [7, 11) is 4.01. The van der Waals surface area contributed by atoms with Crippen molar-refractivity contribution < 1.29 is 19.1 Å². The fourth-order valence-electron chi connectivity index (χ4n) is 1.90. The minimum atomic E-state index is -0.509. The maximum Gasteiger partial charge on any atom is 0.330 e. The molecule has 0 N–H and O–H groups in total. The zero-order chi connectivity index (χ0) is 16.5. The molecule has 0 heterocycles. The van der Waals surface area contributed by atoms with Gasteiger partial charge in [0, 0.05) is 11.6 Å². The van der Waals surface area contributed by atoms with Crippen LogP contribution < -0.4 is 0 Å². The maximum absolute atomic E-state index is 12.1. The highest BCUT2D eigenvalue weighted by molar-refractivity contribution is 5.81. The van der Waals surface area contributed by atoms with Gasteiger partial charge in [0.25, 0.3) is 0 Å². The number of hydrogen-bond donors (Lipinski definition) is 0. The Hall–Kier alpha value is -1.36. The van der Waals surface area contributed by atoms with E-state index in [1.165, 1.54) is 0 Å². The Bertz CT molecular complexity index is 350. The molecule has 0 rings (SSSR count). The summed E-state index contributed by atoms with van der Waals surface area (Å²) < 4.78 is 9.99. The van der Waals surface area contributed by atoms with Gasteiger partial charge in [-0.25, -0.2) is 4.79 Å². The first-order valence-corrected chi connectivity index (χ1v) is 7.37. The average Bonchev–Trinajstić information content (AvgIpc) is 2.42. The number of esters is 2. The van der Waals surface area contributed by atoms with Crippen LogP contribution in [-0.2, 0) is 19.1 Å². The summed E-state index contributed by atoms with van der Waals surface area (Å²) in [6.07, 6.45) is 3.54. The predicted octanol–water partition coefficient (Wildman–Crippen LogP) is 2.41. The van der Waals surface area contributed by atoms with Crippen molar-refractivity contribution in [2.24, 2.45) is 5.92 Å². The molecule has 21 heavy (non-hydrogen) atoms. The second-order valence-corrected chi connectivity index (χ2v) is 5.94. The van der Waals surface area contributed by atoms with Crippen molar-refractivity contribution >= 4 is 11.9 Å². The summed E-state index contributed by atoms with van der Waals surface area (Å²) >= 11 is 0. The molecule has 5 heteroatoms. The topological polar surface area (TPSA) is 55.8 Å². The lowest BCUT2D eigenvalue weighted by atomic mass is 9.87. The second-order valence-electron chi connectivity index (χ2n) is 5.94. The van der Waals surface area contributed by atoms with Crippen LogP contribution in [0.25, 0.3) is 0 Å². The lowest BCUT2D eigenvalue weighted by molar-refractivity contribution is -0.154. The van der Waals surface area contributed by atoms with Gasteiger partial charge in [0.15, 0.2) is 0 Å². The van der Waals surface area contributed by atoms with Gasteiger partial charge in [-0.05, 0) is 40.8 Å². The minimum Gasteiger partial charge on any atom is -0.462 e. The molecule has 122 valence electrons. The van der Waals surface area contributed by atoms with Crippen LogP contribution in [0.2, 0.25) is 0 Å². The van der Waals surface area contributed by atoms with Gasteiger partial charge in [-0.1, -0.05) is 19.9 Å². The summed E-state index contributed by atoms with van der Waals surface area (Å²) in [5.74, 6) is -0.867. The van der Waals surface area contributed by atoms with Crippen LogP contribution in [0.5, 0.6) is 0 Å². The lowest BCUT2D eigenvalue weighted by Gasteiger charge is -2.35. The fraction of sp³-hybridized carbons (Fsp3) is 0.750. The zero-order valence-corrected chi connectivity index (χ0v) is 14.0. The molecule has 0 bridgehead atoms. The molecule has 0 aromatic carbocycles. The number of carbonyl (C=O) groups excluding carboxylic acids is 2. The van der Waals surface area contributed by atoms with Crippen LogP contribution >= 0.6 is 0 Å². The highest BCUT2D eigenvalue weighted by Gasteiger charge is 2.29. The Kier molecular flexibility index (Phi) is 8.93. The third kappa shape index (κ3) is 7.85. The summed E-state index contributed by atoms with van der Waals surface area (Å²) in [4.78, 5) is 25.1. The highest BCUT2D eigenvalue weighted by atomic mass is 16.6. The lowest BCUT2D eigenvalue weighted by Crippen LogP contribution is -2.41. The van der Waals surface area contributed by atoms with E-state index in [-0.39, 0.29) is 30.6 Å². The number of ether oxygens (including phenoxy) is 2.